The number of amides is 1. The fourth-order valence-electron chi connectivity index (χ4n) is 2.64. The largest absolute Gasteiger partial charge is 0.345 e. The summed E-state index contributed by atoms with van der Waals surface area (Å²) in [6.45, 7) is 5.12. The van der Waals surface area contributed by atoms with Crippen molar-refractivity contribution in [3.63, 3.8) is 0 Å². The van der Waals surface area contributed by atoms with Crippen molar-refractivity contribution >= 4 is 5.91 Å². The predicted octanol–water partition coefficient (Wildman–Crippen LogP) is 1.72. The fraction of sp³-hybridized carbons (Fsp3) is 0.353. The second kappa shape index (κ2) is 7.25. The minimum atomic E-state index is -0.147. The average molecular weight is 339 g/mol. The quantitative estimate of drug-likeness (QED) is 0.738. The summed E-state index contributed by atoms with van der Waals surface area (Å²) in [6.07, 6.45) is 2.67. The van der Waals surface area contributed by atoms with Gasteiger partial charge in [0, 0.05) is 24.7 Å². The Morgan fingerprint density at radius 3 is 2.64 bits per heavy atom. The van der Waals surface area contributed by atoms with Gasteiger partial charge in [-0.25, -0.2) is 9.67 Å². The van der Waals surface area contributed by atoms with Crippen LogP contribution < -0.4 is 5.32 Å². The Kier molecular flexibility index (Phi) is 4.87. The highest BCUT2D eigenvalue weighted by Crippen LogP contribution is 2.17. The van der Waals surface area contributed by atoms with Crippen LogP contribution in [0, 0.1) is 6.92 Å². The van der Waals surface area contributed by atoms with Crippen molar-refractivity contribution in [2.75, 3.05) is 0 Å². The first kappa shape index (κ1) is 16.8. The van der Waals surface area contributed by atoms with E-state index in [9.17, 15) is 4.79 Å². The Bertz CT molecular complexity index is 864. The van der Waals surface area contributed by atoms with E-state index in [2.05, 4.69) is 32.5 Å². The van der Waals surface area contributed by atoms with Crippen LogP contribution in [-0.4, -0.2) is 35.4 Å². The first-order valence-electron chi connectivity index (χ1n) is 8.21. The van der Waals surface area contributed by atoms with Gasteiger partial charge in [0.1, 0.15) is 12.2 Å². The molecule has 130 valence electrons. The van der Waals surface area contributed by atoms with Crippen molar-refractivity contribution in [3.05, 3.63) is 47.8 Å². The Morgan fingerprint density at radius 2 is 2.00 bits per heavy atom. The summed E-state index contributed by atoms with van der Waals surface area (Å²) < 4.78 is 3.67. The van der Waals surface area contributed by atoms with Crippen LogP contribution in [0.3, 0.4) is 0 Å². The number of hydrogen-bond donors (Lipinski definition) is 1. The maximum absolute atomic E-state index is 12.3. The maximum Gasteiger partial charge on any atom is 0.251 e. The van der Waals surface area contributed by atoms with E-state index in [-0.39, 0.29) is 5.91 Å². The lowest BCUT2D eigenvalue weighted by Crippen LogP contribution is -2.24. The minimum absolute atomic E-state index is 0.147. The normalized spacial score (nSPS) is 10.8. The third kappa shape index (κ3) is 3.73. The van der Waals surface area contributed by atoms with Gasteiger partial charge < -0.3 is 9.88 Å². The van der Waals surface area contributed by atoms with Crippen LogP contribution in [0.25, 0.3) is 11.4 Å². The summed E-state index contributed by atoms with van der Waals surface area (Å²) in [5.41, 5.74) is 1.51. The van der Waals surface area contributed by atoms with Crippen molar-refractivity contribution in [2.24, 2.45) is 7.05 Å². The monoisotopic (exact) mass is 339 g/mol. The van der Waals surface area contributed by atoms with Crippen LogP contribution in [0.15, 0.2) is 30.6 Å². The molecule has 0 radical (unpaired) electrons. The number of hydrogen-bond acceptors (Lipinski definition) is 5. The highest BCUT2D eigenvalue weighted by atomic mass is 16.1. The van der Waals surface area contributed by atoms with Gasteiger partial charge in [-0.1, -0.05) is 19.1 Å². The number of benzene rings is 1. The number of nitrogens with one attached hydrogen (secondary N) is 1. The van der Waals surface area contributed by atoms with Gasteiger partial charge in [-0.05, 0) is 25.5 Å². The molecule has 1 aromatic carbocycles. The Balaban J connectivity index is 1.66. The number of carbonyl (C=O) groups excluding carboxylic acids is 1. The van der Waals surface area contributed by atoms with Gasteiger partial charge in [0.05, 0.1) is 6.54 Å². The van der Waals surface area contributed by atoms with E-state index in [0.717, 1.165) is 36.0 Å². The number of carbonyl (C=O) groups is 1. The molecule has 2 heterocycles. The lowest BCUT2D eigenvalue weighted by molar-refractivity contribution is 0.0949. The molecule has 0 saturated heterocycles. The Hall–Kier alpha value is -3.03. The van der Waals surface area contributed by atoms with E-state index >= 15 is 0 Å². The zero-order valence-electron chi connectivity index (χ0n) is 14.6. The van der Waals surface area contributed by atoms with Gasteiger partial charge in [0.15, 0.2) is 11.6 Å². The number of nitrogens with zero attached hydrogens (tertiary/aromatic N) is 6. The SMILES string of the molecule is CCCn1cnnc1CNC(=O)c1ccc(-c2nc(C)nn2C)cc1. The molecule has 25 heavy (non-hydrogen) atoms. The molecule has 0 unspecified atom stereocenters. The molecule has 0 aliphatic rings. The highest BCUT2D eigenvalue weighted by Gasteiger charge is 2.11. The van der Waals surface area contributed by atoms with E-state index in [1.165, 1.54) is 0 Å². The van der Waals surface area contributed by atoms with E-state index in [1.807, 2.05) is 30.7 Å². The van der Waals surface area contributed by atoms with E-state index in [0.29, 0.717) is 12.1 Å². The van der Waals surface area contributed by atoms with E-state index < -0.39 is 0 Å². The summed E-state index contributed by atoms with van der Waals surface area (Å²) in [4.78, 5) is 16.7. The first-order chi connectivity index (χ1) is 12.1. The van der Waals surface area contributed by atoms with Gasteiger partial charge in [-0.3, -0.25) is 4.79 Å². The van der Waals surface area contributed by atoms with Crippen LogP contribution in [0.2, 0.25) is 0 Å². The summed E-state index contributed by atoms with van der Waals surface area (Å²) in [5.74, 6) is 2.10. The van der Waals surface area contributed by atoms with Gasteiger partial charge >= 0.3 is 0 Å². The molecule has 0 spiro atoms. The maximum atomic E-state index is 12.3. The molecular weight excluding hydrogens is 318 g/mol. The van der Waals surface area contributed by atoms with Crippen molar-refractivity contribution in [1.82, 2.24) is 34.8 Å². The molecule has 0 aliphatic carbocycles. The van der Waals surface area contributed by atoms with Gasteiger partial charge in [-0.2, -0.15) is 5.10 Å². The van der Waals surface area contributed by atoms with Gasteiger partial charge in [-0.15, -0.1) is 10.2 Å². The number of aryl methyl sites for hydroxylation is 3. The van der Waals surface area contributed by atoms with E-state index in [4.69, 9.17) is 0 Å². The van der Waals surface area contributed by atoms with Crippen LogP contribution in [0.5, 0.6) is 0 Å². The molecular formula is C17H21N7O. The summed E-state index contributed by atoms with van der Waals surface area (Å²) in [6, 6.07) is 7.31. The molecule has 0 saturated carbocycles. The molecule has 3 aromatic rings. The van der Waals surface area contributed by atoms with Crippen molar-refractivity contribution in [1.29, 1.82) is 0 Å². The minimum Gasteiger partial charge on any atom is -0.345 e. The van der Waals surface area contributed by atoms with Gasteiger partial charge in [0.25, 0.3) is 5.91 Å². The molecule has 8 heteroatoms. The van der Waals surface area contributed by atoms with Gasteiger partial charge in [0.2, 0.25) is 0 Å². The Labute approximate surface area is 145 Å². The number of aromatic nitrogens is 6. The van der Waals surface area contributed by atoms with Crippen LogP contribution in [0.4, 0.5) is 0 Å². The topological polar surface area (TPSA) is 90.5 Å². The predicted molar refractivity (Wildman–Crippen MR) is 92.7 cm³/mol. The van der Waals surface area contributed by atoms with Crippen molar-refractivity contribution in [2.45, 2.75) is 33.4 Å². The average Bonchev–Trinajstić information content (AvgIpc) is 3.19. The summed E-state index contributed by atoms with van der Waals surface area (Å²) in [7, 11) is 1.85. The third-order valence-corrected chi connectivity index (χ3v) is 3.84. The molecule has 3 rings (SSSR count). The number of rotatable bonds is 6. The molecule has 0 atom stereocenters. The van der Waals surface area contributed by atoms with E-state index in [1.54, 1.807) is 23.1 Å². The highest BCUT2D eigenvalue weighted by molar-refractivity contribution is 5.94. The van der Waals surface area contributed by atoms with Crippen LogP contribution in [-0.2, 0) is 20.1 Å². The Morgan fingerprint density at radius 1 is 1.24 bits per heavy atom. The third-order valence-electron chi connectivity index (χ3n) is 3.84. The standard InChI is InChI=1S/C17H21N7O/c1-4-9-24-11-19-21-15(24)10-18-17(25)14-7-5-13(6-8-14)16-20-12(2)22-23(16)3/h5-8,11H,4,9-10H2,1-3H3,(H,18,25). The lowest BCUT2D eigenvalue weighted by Gasteiger charge is -2.07. The molecule has 0 fully saturated rings. The first-order valence-corrected chi connectivity index (χ1v) is 8.21. The zero-order valence-corrected chi connectivity index (χ0v) is 14.6. The smallest absolute Gasteiger partial charge is 0.251 e. The molecule has 8 nitrogen and oxygen atoms in total. The van der Waals surface area contributed by atoms with Crippen molar-refractivity contribution in [3.8, 4) is 11.4 Å². The second-order valence-corrected chi connectivity index (χ2v) is 5.81. The second-order valence-electron chi connectivity index (χ2n) is 5.81. The molecule has 0 aliphatic heterocycles. The van der Waals surface area contributed by atoms with Crippen LogP contribution >= 0.6 is 0 Å². The summed E-state index contributed by atoms with van der Waals surface area (Å²) >= 11 is 0. The van der Waals surface area contributed by atoms with Crippen LogP contribution in [0.1, 0.15) is 35.4 Å². The zero-order chi connectivity index (χ0) is 17.8. The fourth-order valence-corrected chi connectivity index (χ4v) is 2.64. The summed E-state index contributed by atoms with van der Waals surface area (Å²) in [5, 5.41) is 15.1. The molecule has 2 aromatic heterocycles. The lowest BCUT2D eigenvalue weighted by atomic mass is 10.1. The molecule has 1 amide bonds. The molecule has 0 bridgehead atoms. The van der Waals surface area contributed by atoms with Crippen molar-refractivity contribution < 1.29 is 4.79 Å². The molecule has 1 N–H and O–H groups in total.